The van der Waals surface area contributed by atoms with Crippen molar-refractivity contribution in [2.75, 3.05) is 0 Å². The first kappa shape index (κ1) is 24.0. The van der Waals surface area contributed by atoms with Crippen molar-refractivity contribution in [3.05, 3.63) is 70.4 Å². The third kappa shape index (κ3) is 4.32. The summed E-state index contributed by atoms with van der Waals surface area (Å²) in [4.78, 5) is 26.4. The zero-order valence-electron chi connectivity index (χ0n) is 20.9. The number of rotatable bonds is 8. The molecule has 34 heavy (non-hydrogen) atoms. The molecule has 4 heteroatoms. The van der Waals surface area contributed by atoms with E-state index in [2.05, 4.69) is 42.7 Å². The molecular weight excluding hydrogens is 420 g/mol. The van der Waals surface area contributed by atoms with Crippen molar-refractivity contribution in [1.82, 2.24) is 4.57 Å². The highest BCUT2D eigenvalue weighted by Crippen LogP contribution is 2.39. The lowest BCUT2D eigenvalue weighted by atomic mass is 9.77. The summed E-state index contributed by atoms with van der Waals surface area (Å²) < 4.78 is 2.19. The molecule has 1 heterocycles. The number of benzene rings is 2. The smallest absolute Gasteiger partial charge is 0.168 e. The number of nitrogens with zero attached hydrogens (tertiary/aromatic N) is 2. The van der Waals surface area contributed by atoms with E-state index in [1.54, 1.807) is 6.92 Å². The minimum Gasteiger partial charge on any atom is -0.339 e. The van der Waals surface area contributed by atoms with Gasteiger partial charge in [-0.1, -0.05) is 58.4 Å². The Balaban J connectivity index is 2.01. The van der Waals surface area contributed by atoms with Crippen molar-refractivity contribution in [2.45, 2.75) is 72.8 Å². The zero-order valence-corrected chi connectivity index (χ0v) is 20.9. The minimum absolute atomic E-state index is 0.0624. The first-order chi connectivity index (χ1) is 16.1. The summed E-state index contributed by atoms with van der Waals surface area (Å²) in [6, 6.07) is 16.3. The molecule has 0 N–H and O–H groups in total. The SMILES string of the molecule is CC(=O)C(C)(C)Cc1c(C(=O)C2CCC2)c2cc(C(C)C)ccc2n1Cc1ccccc1C#N. The van der Waals surface area contributed by atoms with E-state index in [-0.39, 0.29) is 17.5 Å². The lowest BCUT2D eigenvalue weighted by molar-refractivity contribution is -0.124. The van der Waals surface area contributed by atoms with Crippen LogP contribution in [0.15, 0.2) is 42.5 Å². The largest absolute Gasteiger partial charge is 0.339 e. The van der Waals surface area contributed by atoms with Crippen LogP contribution in [0.3, 0.4) is 0 Å². The van der Waals surface area contributed by atoms with Gasteiger partial charge in [-0.05, 0) is 55.0 Å². The number of carbonyl (C=O) groups is 2. The molecule has 4 nitrogen and oxygen atoms in total. The predicted molar refractivity (Wildman–Crippen MR) is 136 cm³/mol. The standard InChI is InChI=1S/C30H34N2O2/c1-19(2)22-13-14-26-25(15-22)28(29(34)21-11-8-12-21)27(16-30(4,5)20(3)33)32(26)18-24-10-7-6-9-23(24)17-31/h6-7,9-10,13-15,19,21H,8,11-12,16,18H2,1-5H3. The summed E-state index contributed by atoms with van der Waals surface area (Å²) in [5.41, 5.74) is 4.84. The maximum absolute atomic E-state index is 13.8. The molecule has 1 aliphatic carbocycles. The Morgan fingerprint density at radius 2 is 1.85 bits per heavy atom. The molecule has 0 saturated heterocycles. The van der Waals surface area contributed by atoms with E-state index in [0.29, 0.717) is 24.4 Å². The molecule has 0 bridgehead atoms. The van der Waals surface area contributed by atoms with E-state index in [9.17, 15) is 14.9 Å². The molecule has 3 aromatic rings. The van der Waals surface area contributed by atoms with Crippen LogP contribution in [0.4, 0.5) is 0 Å². The molecule has 0 aliphatic heterocycles. The van der Waals surface area contributed by atoms with Crippen LogP contribution >= 0.6 is 0 Å². The van der Waals surface area contributed by atoms with E-state index in [4.69, 9.17) is 0 Å². The molecule has 0 atom stereocenters. The van der Waals surface area contributed by atoms with Gasteiger partial charge in [0.05, 0.1) is 11.6 Å². The van der Waals surface area contributed by atoms with Crippen LogP contribution < -0.4 is 0 Å². The molecular formula is C30H34N2O2. The third-order valence-corrected chi connectivity index (χ3v) is 7.61. The normalized spacial score (nSPS) is 14.3. The second-order valence-corrected chi connectivity index (χ2v) is 10.7. The highest BCUT2D eigenvalue weighted by Gasteiger charge is 2.35. The van der Waals surface area contributed by atoms with Crippen LogP contribution in [0.5, 0.6) is 0 Å². The van der Waals surface area contributed by atoms with Gasteiger partial charge >= 0.3 is 0 Å². The van der Waals surface area contributed by atoms with Crippen LogP contribution in [0.2, 0.25) is 0 Å². The lowest BCUT2D eigenvalue weighted by Gasteiger charge is -2.27. The van der Waals surface area contributed by atoms with Gasteiger partial charge in [-0.15, -0.1) is 0 Å². The van der Waals surface area contributed by atoms with Crippen LogP contribution in [0.25, 0.3) is 10.9 Å². The van der Waals surface area contributed by atoms with Crippen LogP contribution in [-0.2, 0) is 17.8 Å². The van der Waals surface area contributed by atoms with Gasteiger partial charge in [0.1, 0.15) is 5.78 Å². The van der Waals surface area contributed by atoms with Crippen LogP contribution in [-0.4, -0.2) is 16.1 Å². The zero-order chi connectivity index (χ0) is 24.6. The number of Topliss-reactive ketones (excluding diaryl/α,β-unsaturated/α-hetero) is 2. The maximum Gasteiger partial charge on any atom is 0.168 e. The summed E-state index contributed by atoms with van der Waals surface area (Å²) in [6.45, 7) is 10.4. The Labute approximate surface area is 202 Å². The summed E-state index contributed by atoms with van der Waals surface area (Å²) in [7, 11) is 0. The van der Waals surface area contributed by atoms with E-state index in [1.807, 2.05) is 38.1 Å². The summed E-state index contributed by atoms with van der Waals surface area (Å²) in [5, 5.41) is 10.7. The van der Waals surface area contributed by atoms with Crippen molar-refractivity contribution in [3.63, 3.8) is 0 Å². The van der Waals surface area contributed by atoms with Gasteiger partial charge in [0.2, 0.25) is 0 Å². The maximum atomic E-state index is 13.8. The fourth-order valence-electron chi connectivity index (χ4n) is 4.78. The van der Waals surface area contributed by atoms with Crippen molar-refractivity contribution in [3.8, 4) is 6.07 Å². The summed E-state index contributed by atoms with van der Waals surface area (Å²) in [6.07, 6.45) is 3.44. The molecule has 176 valence electrons. The van der Waals surface area contributed by atoms with Gasteiger partial charge in [-0.25, -0.2) is 0 Å². The van der Waals surface area contributed by atoms with Crippen LogP contribution in [0.1, 0.15) is 92.5 Å². The quantitative estimate of drug-likeness (QED) is 0.351. The highest BCUT2D eigenvalue weighted by atomic mass is 16.1. The van der Waals surface area contributed by atoms with Gasteiger partial charge in [0.25, 0.3) is 0 Å². The first-order valence-electron chi connectivity index (χ1n) is 12.3. The Morgan fingerprint density at radius 1 is 1.15 bits per heavy atom. The topological polar surface area (TPSA) is 62.9 Å². The number of nitriles is 1. The molecule has 1 saturated carbocycles. The third-order valence-electron chi connectivity index (χ3n) is 7.61. The molecule has 1 fully saturated rings. The molecule has 0 unspecified atom stereocenters. The molecule has 4 rings (SSSR count). The number of aromatic nitrogens is 1. The number of carbonyl (C=O) groups excluding carboxylic acids is 2. The summed E-state index contributed by atoms with van der Waals surface area (Å²) >= 11 is 0. The van der Waals surface area contributed by atoms with Crippen molar-refractivity contribution in [1.29, 1.82) is 5.26 Å². The number of ketones is 2. The molecule has 1 aliphatic rings. The fourth-order valence-corrected chi connectivity index (χ4v) is 4.78. The fraction of sp³-hybridized carbons (Fsp3) is 0.433. The minimum atomic E-state index is -0.601. The van der Waals surface area contributed by atoms with E-state index < -0.39 is 5.41 Å². The monoisotopic (exact) mass is 454 g/mol. The Morgan fingerprint density at radius 3 is 2.44 bits per heavy atom. The first-order valence-corrected chi connectivity index (χ1v) is 12.3. The van der Waals surface area contributed by atoms with Gasteiger partial charge in [0.15, 0.2) is 5.78 Å². The summed E-state index contributed by atoms with van der Waals surface area (Å²) in [5.74, 6) is 0.716. The Kier molecular flexibility index (Phi) is 6.49. The molecule has 2 aromatic carbocycles. The van der Waals surface area contributed by atoms with Crippen LogP contribution in [0, 0.1) is 22.7 Å². The van der Waals surface area contributed by atoms with Crippen molar-refractivity contribution in [2.24, 2.45) is 11.3 Å². The molecule has 0 spiro atoms. The molecule has 0 amide bonds. The average Bonchev–Trinajstić information content (AvgIpc) is 3.04. The highest BCUT2D eigenvalue weighted by molar-refractivity contribution is 6.11. The van der Waals surface area contributed by atoms with E-state index in [0.717, 1.165) is 47.0 Å². The van der Waals surface area contributed by atoms with E-state index in [1.165, 1.54) is 5.56 Å². The van der Waals surface area contributed by atoms with Gasteiger partial charge in [0, 0.05) is 46.5 Å². The second kappa shape index (κ2) is 9.22. The molecule has 1 aromatic heterocycles. The van der Waals surface area contributed by atoms with E-state index >= 15 is 0 Å². The van der Waals surface area contributed by atoms with Gasteiger partial charge in [-0.2, -0.15) is 5.26 Å². The Hall–Kier alpha value is -3.19. The number of hydrogen-bond acceptors (Lipinski definition) is 3. The molecule has 0 radical (unpaired) electrons. The van der Waals surface area contributed by atoms with Crippen molar-refractivity contribution < 1.29 is 9.59 Å². The lowest BCUT2D eigenvalue weighted by Crippen LogP contribution is -2.28. The van der Waals surface area contributed by atoms with Gasteiger partial charge in [-0.3, -0.25) is 9.59 Å². The Bertz CT molecular complexity index is 1300. The number of hydrogen-bond donors (Lipinski definition) is 0. The predicted octanol–water partition coefficient (Wildman–Crippen LogP) is 6.83. The van der Waals surface area contributed by atoms with Crippen molar-refractivity contribution >= 4 is 22.5 Å². The number of fused-ring (bicyclic) bond motifs is 1. The van der Waals surface area contributed by atoms with Gasteiger partial charge < -0.3 is 4.57 Å². The second-order valence-electron chi connectivity index (χ2n) is 10.7. The average molecular weight is 455 g/mol.